The molecule has 0 amide bonds. The van der Waals surface area contributed by atoms with Gasteiger partial charge in [-0.05, 0) is 20.3 Å². The van der Waals surface area contributed by atoms with Gasteiger partial charge in [0.25, 0.3) is 0 Å². The Balaban J connectivity index is 2.52. The summed E-state index contributed by atoms with van der Waals surface area (Å²) in [5.41, 5.74) is 1.36. The molecule has 0 spiro atoms. The highest BCUT2D eigenvalue weighted by atomic mass is 15.5. The van der Waals surface area contributed by atoms with E-state index >= 15 is 0 Å². The van der Waals surface area contributed by atoms with Crippen molar-refractivity contribution in [3.8, 4) is 0 Å². The van der Waals surface area contributed by atoms with Crippen molar-refractivity contribution in [1.82, 2.24) is 5.01 Å². The summed E-state index contributed by atoms with van der Waals surface area (Å²) in [4.78, 5) is 0. The van der Waals surface area contributed by atoms with Gasteiger partial charge in [-0.1, -0.05) is 6.92 Å². The van der Waals surface area contributed by atoms with Gasteiger partial charge < -0.3 is 0 Å². The van der Waals surface area contributed by atoms with E-state index in [1.807, 2.05) is 0 Å². The molecule has 58 valence electrons. The van der Waals surface area contributed by atoms with Crippen molar-refractivity contribution in [2.75, 3.05) is 6.54 Å². The van der Waals surface area contributed by atoms with Crippen molar-refractivity contribution in [3.05, 3.63) is 0 Å². The largest absolute Gasteiger partial charge is 0.294 e. The van der Waals surface area contributed by atoms with Crippen LogP contribution in [-0.2, 0) is 0 Å². The van der Waals surface area contributed by atoms with Crippen LogP contribution in [0.5, 0.6) is 0 Å². The van der Waals surface area contributed by atoms with E-state index in [9.17, 15) is 0 Å². The van der Waals surface area contributed by atoms with Crippen LogP contribution in [0.4, 0.5) is 0 Å². The number of hydrogen-bond acceptors (Lipinski definition) is 2. The molecule has 0 fully saturated rings. The Hall–Kier alpha value is -0.530. The summed E-state index contributed by atoms with van der Waals surface area (Å²) in [7, 11) is 0. The van der Waals surface area contributed by atoms with Crippen LogP contribution in [0.15, 0.2) is 5.10 Å². The van der Waals surface area contributed by atoms with Crippen LogP contribution >= 0.6 is 0 Å². The van der Waals surface area contributed by atoms with E-state index in [4.69, 9.17) is 0 Å². The van der Waals surface area contributed by atoms with Gasteiger partial charge in [-0.2, -0.15) is 5.10 Å². The Kier molecular flexibility index (Phi) is 2.30. The highest BCUT2D eigenvalue weighted by Gasteiger charge is 2.18. The van der Waals surface area contributed by atoms with Crippen molar-refractivity contribution < 1.29 is 0 Å². The van der Waals surface area contributed by atoms with Crippen molar-refractivity contribution in [2.45, 2.75) is 39.7 Å². The first-order chi connectivity index (χ1) is 4.77. The first-order valence-corrected chi connectivity index (χ1v) is 4.10. The Morgan fingerprint density at radius 3 is 2.60 bits per heavy atom. The molecule has 1 heterocycles. The van der Waals surface area contributed by atoms with E-state index in [0.717, 1.165) is 13.0 Å². The molecule has 0 aromatic heterocycles. The lowest BCUT2D eigenvalue weighted by Crippen LogP contribution is -2.22. The number of hydrazone groups is 1. The summed E-state index contributed by atoms with van der Waals surface area (Å²) in [6.07, 6.45) is 2.28. The predicted molar refractivity (Wildman–Crippen MR) is 44.2 cm³/mol. The summed E-state index contributed by atoms with van der Waals surface area (Å²) in [6.45, 7) is 7.60. The zero-order valence-corrected chi connectivity index (χ0v) is 7.09. The molecule has 0 saturated heterocycles. The molecular weight excluding hydrogens is 124 g/mol. The number of rotatable bonds is 2. The van der Waals surface area contributed by atoms with Gasteiger partial charge in [-0.15, -0.1) is 0 Å². The summed E-state index contributed by atoms with van der Waals surface area (Å²) in [5, 5.41) is 6.62. The van der Waals surface area contributed by atoms with Gasteiger partial charge in [0.05, 0.1) is 0 Å². The molecule has 1 aliphatic heterocycles. The Labute approximate surface area is 62.9 Å². The average molecular weight is 140 g/mol. The van der Waals surface area contributed by atoms with Crippen molar-refractivity contribution in [1.29, 1.82) is 0 Å². The van der Waals surface area contributed by atoms with Gasteiger partial charge in [-0.3, -0.25) is 5.01 Å². The molecule has 0 saturated carbocycles. The predicted octanol–water partition coefficient (Wildman–Crippen LogP) is 1.87. The molecular formula is C8H16N2. The maximum absolute atomic E-state index is 4.46. The second kappa shape index (κ2) is 3.04. The molecule has 0 N–H and O–H groups in total. The molecule has 2 nitrogen and oxygen atoms in total. The van der Waals surface area contributed by atoms with E-state index < -0.39 is 0 Å². The Morgan fingerprint density at radius 2 is 2.30 bits per heavy atom. The van der Waals surface area contributed by atoms with E-state index in [0.29, 0.717) is 6.04 Å². The third-order valence-corrected chi connectivity index (χ3v) is 2.04. The van der Waals surface area contributed by atoms with Crippen LogP contribution < -0.4 is 0 Å². The minimum absolute atomic E-state index is 0.639. The lowest BCUT2D eigenvalue weighted by molar-refractivity contribution is 0.259. The monoisotopic (exact) mass is 140 g/mol. The van der Waals surface area contributed by atoms with Crippen molar-refractivity contribution >= 4 is 5.71 Å². The molecule has 0 aromatic rings. The van der Waals surface area contributed by atoms with Crippen LogP contribution in [0.2, 0.25) is 0 Å². The molecule has 10 heavy (non-hydrogen) atoms. The number of hydrogen-bond donors (Lipinski definition) is 0. The van der Waals surface area contributed by atoms with Gasteiger partial charge in [0, 0.05) is 24.7 Å². The quantitative estimate of drug-likeness (QED) is 0.571. The molecule has 0 bridgehead atoms. The first-order valence-electron chi connectivity index (χ1n) is 4.10. The van der Waals surface area contributed by atoms with E-state index in [1.165, 1.54) is 12.1 Å². The molecule has 1 unspecified atom stereocenters. The minimum Gasteiger partial charge on any atom is -0.294 e. The zero-order valence-electron chi connectivity index (χ0n) is 7.09. The average Bonchev–Trinajstić information content (AvgIpc) is 2.30. The third-order valence-electron chi connectivity index (χ3n) is 2.04. The third kappa shape index (κ3) is 1.31. The molecule has 1 atom stereocenters. The highest BCUT2D eigenvalue weighted by Crippen LogP contribution is 2.15. The summed E-state index contributed by atoms with van der Waals surface area (Å²) in [5.74, 6) is 0. The van der Waals surface area contributed by atoms with Gasteiger partial charge >= 0.3 is 0 Å². The van der Waals surface area contributed by atoms with Crippen LogP contribution in [0.25, 0.3) is 0 Å². The standard InChI is InChI=1S/C8H16N2/c1-4-8-6-7(3)10(5-2)9-8/h7H,4-6H2,1-3H3. The zero-order chi connectivity index (χ0) is 7.56. The van der Waals surface area contributed by atoms with E-state index in [2.05, 4.69) is 30.9 Å². The number of nitrogens with zero attached hydrogens (tertiary/aromatic N) is 2. The van der Waals surface area contributed by atoms with Crippen LogP contribution in [-0.4, -0.2) is 23.3 Å². The van der Waals surface area contributed by atoms with Crippen molar-refractivity contribution in [3.63, 3.8) is 0 Å². The second-order valence-electron chi connectivity index (χ2n) is 2.83. The molecule has 0 radical (unpaired) electrons. The molecule has 1 rings (SSSR count). The Morgan fingerprint density at radius 1 is 1.60 bits per heavy atom. The normalized spacial score (nSPS) is 25.3. The maximum atomic E-state index is 4.46. The van der Waals surface area contributed by atoms with Gasteiger partial charge in [0.2, 0.25) is 0 Å². The minimum atomic E-state index is 0.639. The maximum Gasteiger partial charge on any atom is 0.0495 e. The first kappa shape index (κ1) is 7.58. The van der Waals surface area contributed by atoms with Crippen molar-refractivity contribution in [2.24, 2.45) is 5.10 Å². The highest BCUT2D eigenvalue weighted by molar-refractivity contribution is 5.85. The molecule has 0 aliphatic carbocycles. The van der Waals surface area contributed by atoms with Gasteiger partial charge in [0.15, 0.2) is 0 Å². The smallest absolute Gasteiger partial charge is 0.0495 e. The lowest BCUT2D eigenvalue weighted by atomic mass is 10.1. The SMILES string of the molecule is CCC1=NN(CC)C(C)C1. The molecule has 0 aromatic carbocycles. The fraction of sp³-hybridized carbons (Fsp3) is 0.875. The fourth-order valence-corrected chi connectivity index (χ4v) is 1.36. The van der Waals surface area contributed by atoms with Gasteiger partial charge in [-0.25, -0.2) is 0 Å². The van der Waals surface area contributed by atoms with E-state index in [-0.39, 0.29) is 0 Å². The fourth-order valence-electron chi connectivity index (χ4n) is 1.36. The van der Waals surface area contributed by atoms with E-state index in [1.54, 1.807) is 0 Å². The summed E-state index contributed by atoms with van der Waals surface area (Å²) in [6, 6.07) is 0.639. The summed E-state index contributed by atoms with van der Waals surface area (Å²) >= 11 is 0. The van der Waals surface area contributed by atoms with Crippen LogP contribution in [0, 0.1) is 0 Å². The summed E-state index contributed by atoms with van der Waals surface area (Å²) < 4.78 is 0. The van der Waals surface area contributed by atoms with Gasteiger partial charge in [0.1, 0.15) is 0 Å². The molecule has 2 heteroatoms. The van der Waals surface area contributed by atoms with Crippen LogP contribution in [0.1, 0.15) is 33.6 Å². The Bertz CT molecular complexity index is 140. The lowest BCUT2D eigenvalue weighted by Gasteiger charge is -2.16. The topological polar surface area (TPSA) is 15.6 Å². The molecule has 1 aliphatic rings. The van der Waals surface area contributed by atoms with Crippen LogP contribution in [0.3, 0.4) is 0 Å². The second-order valence-corrected chi connectivity index (χ2v) is 2.83.